The lowest BCUT2D eigenvalue weighted by Crippen LogP contribution is -2.49. The maximum Gasteiger partial charge on any atom is 0.312 e. The Kier molecular flexibility index (Phi) is 6.13. The van der Waals surface area contributed by atoms with Gasteiger partial charge in [-0.3, -0.25) is 9.59 Å². The van der Waals surface area contributed by atoms with Gasteiger partial charge < -0.3 is 9.84 Å². The van der Waals surface area contributed by atoms with E-state index in [1.54, 1.807) is 0 Å². The van der Waals surface area contributed by atoms with E-state index in [9.17, 15) is 9.59 Å². The fourth-order valence-electron chi connectivity index (χ4n) is 4.96. The smallest absolute Gasteiger partial charge is 0.312 e. The van der Waals surface area contributed by atoms with Gasteiger partial charge in [-0.1, -0.05) is 26.3 Å². The Morgan fingerprint density at radius 3 is 2.64 bits per heavy atom. The number of ketones is 1. The summed E-state index contributed by atoms with van der Waals surface area (Å²) in [6.45, 7) is 8.82. The van der Waals surface area contributed by atoms with E-state index in [-0.39, 0.29) is 36.1 Å². The highest BCUT2D eigenvalue weighted by atomic mass is 16.5. The molecule has 0 amide bonds. The van der Waals surface area contributed by atoms with Crippen LogP contribution in [0.2, 0.25) is 0 Å². The number of hydrogen-bond donors (Lipinski definition) is 1. The summed E-state index contributed by atoms with van der Waals surface area (Å²) in [5.41, 5.74) is 0.345. The summed E-state index contributed by atoms with van der Waals surface area (Å²) in [6, 6.07) is 0. The summed E-state index contributed by atoms with van der Waals surface area (Å²) in [5, 5.41) is 9.16. The molecule has 0 aromatic rings. The number of esters is 1. The number of rotatable bonds is 6. The van der Waals surface area contributed by atoms with Crippen molar-refractivity contribution in [1.82, 2.24) is 0 Å². The van der Waals surface area contributed by atoms with Crippen LogP contribution in [0, 0.1) is 28.6 Å². The average molecular weight is 350 g/mol. The maximum absolute atomic E-state index is 12.5. The summed E-state index contributed by atoms with van der Waals surface area (Å²) in [4.78, 5) is 25.0. The third-order valence-electron chi connectivity index (χ3n) is 7.07. The van der Waals surface area contributed by atoms with Gasteiger partial charge in [-0.2, -0.15) is 0 Å². The summed E-state index contributed by atoms with van der Waals surface area (Å²) in [6.07, 6.45) is 6.91. The van der Waals surface area contributed by atoms with Gasteiger partial charge in [0.25, 0.3) is 0 Å². The van der Waals surface area contributed by atoms with Gasteiger partial charge in [-0.15, -0.1) is 0 Å². The third kappa shape index (κ3) is 3.69. The fraction of sp³-hybridized carbons (Fsp3) is 0.810. The monoisotopic (exact) mass is 350 g/mol. The van der Waals surface area contributed by atoms with Gasteiger partial charge in [-0.05, 0) is 68.3 Å². The van der Waals surface area contributed by atoms with Crippen molar-refractivity contribution in [1.29, 1.82) is 0 Å². The molecule has 0 bridgehead atoms. The molecule has 0 saturated heterocycles. The topological polar surface area (TPSA) is 63.6 Å². The highest BCUT2D eigenvalue weighted by Crippen LogP contribution is 2.58. The molecule has 0 aromatic carbocycles. The van der Waals surface area contributed by atoms with Gasteiger partial charge in [0, 0.05) is 13.0 Å². The van der Waals surface area contributed by atoms with Crippen LogP contribution in [-0.4, -0.2) is 30.6 Å². The number of hydrogen-bond acceptors (Lipinski definition) is 4. The number of carbonyl (C=O) groups excluding carboxylic acids is 2. The molecular formula is C21H34O4. The molecule has 1 saturated carbocycles. The molecule has 0 aromatic heterocycles. The second-order valence-electron chi connectivity index (χ2n) is 8.76. The van der Waals surface area contributed by atoms with E-state index in [2.05, 4.69) is 20.8 Å². The summed E-state index contributed by atoms with van der Waals surface area (Å²) >= 11 is 0. The molecule has 0 aliphatic heterocycles. The zero-order valence-electron chi connectivity index (χ0n) is 16.4. The molecule has 142 valence electrons. The molecule has 0 spiro atoms. The molecule has 4 heteroatoms. The minimum Gasteiger partial charge on any atom is -0.469 e. The normalized spacial score (nSPS) is 36.4. The second-order valence-corrected chi connectivity index (χ2v) is 8.76. The Labute approximate surface area is 152 Å². The van der Waals surface area contributed by atoms with E-state index >= 15 is 0 Å². The van der Waals surface area contributed by atoms with Crippen LogP contribution in [0.15, 0.2) is 11.6 Å². The van der Waals surface area contributed by atoms with Crippen molar-refractivity contribution in [2.24, 2.45) is 28.6 Å². The van der Waals surface area contributed by atoms with E-state index in [1.165, 1.54) is 7.11 Å². The predicted molar refractivity (Wildman–Crippen MR) is 97.9 cm³/mol. The molecule has 1 N–H and O–H groups in total. The van der Waals surface area contributed by atoms with Gasteiger partial charge >= 0.3 is 5.97 Å². The van der Waals surface area contributed by atoms with E-state index in [0.717, 1.165) is 37.7 Å². The Hall–Kier alpha value is -1.16. The van der Waals surface area contributed by atoms with E-state index in [0.29, 0.717) is 11.8 Å². The number of aliphatic hydroxyl groups excluding tert-OH is 1. The molecule has 2 aliphatic rings. The lowest BCUT2D eigenvalue weighted by Gasteiger charge is -2.52. The molecule has 1 fully saturated rings. The zero-order valence-corrected chi connectivity index (χ0v) is 16.4. The largest absolute Gasteiger partial charge is 0.469 e. The number of ether oxygens (including phenoxy) is 1. The zero-order chi connectivity index (χ0) is 18.8. The van der Waals surface area contributed by atoms with Crippen molar-refractivity contribution in [3.05, 3.63) is 11.6 Å². The number of methoxy groups -OCH3 is 1. The molecular weight excluding hydrogens is 316 g/mol. The van der Waals surface area contributed by atoms with Crippen molar-refractivity contribution in [3.8, 4) is 0 Å². The van der Waals surface area contributed by atoms with E-state index in [4.69, 9.17) is 9.84 Å². The lowest BCUT2D eigenvalue weighted by atomic mass is 9.51. The predicted octanol–water partition coefficient (Wildman–Crippen LogP) is 3.92. The quantitative estimate of drug-likeness (QED) is 0.738. The number of allylic oxidation sites excluding steroid dienone is 2. The Morgan fingerprint density at radius 2 is 2.04 bits per heavy atom. The highest BCUT2D eigenvalue weighted by molar-refractivity contribution is 5.97. The maximum atomic E-state index is 12.5. The Balaban J connectivity index is 2.34. The second kappa shape index (κ2) is 7.61. The first-order chi connectivity index (χ1) is 11.7. The van der Waals surface area contributed by atoms with Gasteiger partial charge in [0.05, 0.1) is 12.5 Å². The first kappa shape index (κ1) is 20.2. The van der Waals surface area contributed by atoms with Crippen LogP contribution in [0.25, 0.3) is 0 Å². The van der Waals surface area contributed by atoms with Gasteiger partial charge in [0.15, 0.2) is 5.78 Å². The van der Waals surface area contributed by atoms with Crippen LogP contribution in [0.4, 0.5) is 0 Å². The van der Waals surface area contributed by atoms with Crippen molar-refractivity contribution < 1.29 is 19.4 Å². The summed E-state index contributed by atoms with van der Waals surface area (Å²) in [7, 11) is 1.41. The molecule has 4 nitrogen and oxygen atoms in total. The molecule has 0 heterocycles. The first-order valence-corrected chi connectivity index (χ1v) is 9.63. The van der Waals surface area contributed by atoms with Crippen molar-refractivity contribution in [2.45, 2.75) is 66.2 Å². The Bertz CT molecular complexity index is 552. The summed E-state index contributed by atoms with van der Waals surface area (Å²) < 4.78 is 5.07. The summed E-state index contributed by atoms with van der Waals surface area (Å²) in [5.74, 6) is 0.808. The van der Waals surface area contributed by atoms with Crippen LogP contribution in [0.3, 0.4) is 0 Å². The molecule has 2 rings (SSSR count). The highest BCUT2D eigenvalue weighted by Gasteiger charge is 2.54. The lowest BCUT2D eigenvalue weighted by molar-refractivity contribution is -0.158. The molecule has 0 radical (unpaired) electrons. The van der Waals surface area contributed by atoms with Gasteiger partial charge in [0.2, 0.25) is 0 Å². The van der Waals surface area contributed by atoms with E-state index in [1.807, 2.05) is 13.0 Å². The van der Waals surface area contributed by atoms with Crippen LogP contribution in [0.1, 0.15) is 66.2 Å². The molecule has 25 heavy (non-hydrogen) atoms. The standard InChI is InChI=1S/C21H34O4/c1-14(9-11-22)8-10-20(3)15(2)6-7-17-18(20)12-16(23)13-21(17,4)19(24)25-5/h12,14-15,17,22H,6-11,13H2,1-5H3/t14-,15-,17+,20+,21+/m0/s1. The minimum atomic E-state index is -0.742. The van der Waals surface area contributed by atoms with Crippen LogP contribution in [-0.2, 0) is 14.3 Å². The van der Waals surface area contributed by atoms with E-state index < -0.39 is 5.41 Å². The number of carbonyl (C=O) groups is 2. The number of aliphatic hydroxyl groups is 1. The molecule has 0 unspecified atom stereocenters. The van der Waals surface area contributed by atoms with Crippen molar-refractivity contribution >= 4 is 11.8 Å². The first-order valence-electron chi connectivity index (χ1n) is 9.63. The van der Waals surface area contributed by atoms with Crippen LogP contribution < -0.4 is 0 Å². The molecule has 5 atom stereocenters. The van der Waals surface area contributed by atoms with Crippen molar-refractivity contribution in [3.63, 3.8) is 0 Å². The van der Waals surface area contributed by atoms with Gasteiger partial charge in [-0.25, -0.2) is 0 Å². The van der Waals surface area contributed by atoms with Crippen LogP contribution >= 0.6 is 0 Å². The minimum absolute atomic E-state index is 0.0443. The number of fused-ring (bicyclic) bond motifs is 1. The van der Waals surface area contributed by atoms with Crippen LogP contribution in [0.5, 0.6) is 0 Å². The molecule has 2 aliphatic carbocycles. The average Bonchev–Trinajstić information content (AvgIpc) is 2.56. The fourth-order valence-corrected chi connectivity index (χ4v) is 4.96. The third-order valence-corrected chi connectivity index (χ3v) is 7.07. The van der Waals surface area contributed by atoms with Crippen molar-refractivity contribution in [2.75, 3.05) is 13.7 Å². The Morgan fingerprint density at radius 1 is 1.36 bits per heavy atom. The van der Waals surface area contributed by atoms with Gasteiger partial charge in [0.1, 0.15) is 0 Å². The SMILES string of the molecule is COC(=O)[C@]1(C)CC(=O)C=C2[C@H]1CC[C@H](C)[C@@]2(C)CC[C@H](C)CCO.